The first kappa shape index (κ1) is 20.8. The minimum atomic E-state index is -0.947. The molecule has 0 bridgehead atoms. The maximum absolute atomic E-state index is 13.5. The van der Waals surface area contributed by atoms with Crippen molar-refractivity contribution in [1.29, 1.82) is 0 Å². The molecule has 3 aromatic rings. The average molecular weight is 427 g/mol. The van der Waals surface area contributed by atoms with E-state index in [4.69, 9.17) is 4.74 Å². The molecule has 1 aliphatic heterocycles. The zero-order valence-corrected chi connectivity index (χ0v) is 17.3. The lowest BCUT2D eigenvalue weighted by Gasteiger charge is -2.31. The van der Waals surface area contributed by atoms with Crippen LogP contribution in [0.5, 0.6) is 5.75 Å². The van der Waals surface area contributed by atoms with Crippen LogP contribution < -0.4 is 10.1 Å². The van der Waals surface area contributed by atoms with Gasteiger partial charge >= 0.3 is 0 Å². The Balaban J connectivity index is 1.44. The van der Waals surface area contributed by atoms with Gasteiger partial charge < -0.3 is 15.0 Å². The Hall–Kier alpha value is -3.49. The van der Waals surface area contributed by atoms with E-state index in [0.29, 0.717) is 24.7 Å². The van der Waals surface area contributed by atoms with Crippen molar-refractivity contribution in [3.05, 3.63) is 59.9 Å². The van der Waals surface area contributed by atoms with Crippen molar-refractivity contribution < 1.29 is 18.3 Å². The van der Waals surface area contributed by atoms with Gasteiger partial charge in [0.25, 0.3) is 0 Å². The van der Waals surface area contributed by atoms with E-state index < -0.39 is 11.6 Å². The third-order valence-corrected chi connectivity index (χ3v) is 5.16. The number of likely N-dealkylation sites (tertiary alicyclic amines) is 1. The second-order valence-electron chi connectivity index (χ2n) is 7.59. The Morgan fingerprint density at radius 1 is 1.13 bits per heavy atom. The van der Waals surface area contributed by atoms with Crippen molar-refractivity contribution >= 4 is 17.5 Å². The second kappa shape index (κ2) is 8.71. The number of carbonyl (C=O) groups excluding carboxylic acids is 1. The van der Waals surface area contributed by atoms with Gasteiger partial charge in [0.05, 0.1) is 5.69 Å². The molecule has 1 aromatic heterocycles. The van der Waals surface area contributed by atoms with Crippen LogP contribution in [-0.4, -0.2) is 44.8 Å². The molecule has 1 aliphatic rings. The number of hydrogen-bond donors (Lipinski definition) is 1. The van der Waals surface area contributed by atoms with Gasteiger partial charge in [0, 0.05) is 50.7 Å². The molecular formula is C22H23F2N5O2. The summed E-state index contributed by atoms with van der Waals surface area (Å²) < 4.78 is 34.1. The summed E-state index contributed by atoms with van der Waals surface area (Å²) in [6.45, 7) is 4.94. The molecule has 0 aliphatic carbocycles. The number of carbonyl (C=O) groups is 1. The summed E-state index contributed by atoms with van der Waals surface area (Å²) in [5, 5.41) is 7.39. The summed E-state index contributed by atoms with van der Waals surface area (Å²) in [7, 11) is 0. The van der Waals surface area contributed by atoms with E-state index in [0.717, 1.165) is 42.0 Å². The maximum Gasteiger partial charge on any atom is 0.246 e. The normalized spacial score (nSPS) is 14.5. The van der Waals surface area contributed by atoms with Crippen LogP contribution in [0, 0.1) is 18.6 Å². The summed E-state index contributed by atoms with van der Waals surface area (Å²) in [6, 6.07) is 9.28. The van der Waals surface area contributed by atoms with E-state index in [1.165, 1.54) is 17.1 Å². The van der Waals surface area contributed by atoms with Gasteiger partial charge in [0.2, 0.25) is 11.9 Å². The fourth-order valence-corrected chi connectivity index (χ4v) is 3.57. The van der Waals surface area contributed by atoms with E-state index in [1.807, 2.05) is 30.0 Å². The van der Waals surface area contributed by atoms with Gasteiger partial charge in [0.15, 0.2) is 11.6 Å². The van der Waals surface area contributed by atoms with Crippen LogP contribution in [-0.2, 0) is 4.79 Å². The van der Waals surface area contributed by atoms with Crippen LogP contribution >= 0.6 is 0 Å². The molecule has 162 valence electrons. The van der Waals surface area contributed by atoms with Gasteiger partial charge in [-0.15, -0.1) is 5.10 Å². The zero-order chi connectivity index (χ0) is 22.0. The predicted octanol–water partition coefficient (Wildman–Crippen LogP) is 3.99. The summed E-state index contributed by atoms with van der Waals surface area (Å²) >= 11 is 0. The number of nitrogens with zero attached hydrogens (tertiary/aromatic N) is 4. The number of amides is 1. The lowest BCUT2D eigenvalue weighted by Crippen LogP contribution is -2.40. The van der Waals surface area contributed by atoms with Gasteiger partial charge in [-0.1, -0.05) is 0 Å². The molecule has 0 spiro atoms. The van der Waals surface area contributed by atoms with Crippen molar-refractivity contribution in [3.63, 3.8) is 0 Å². The van der Waals surface area contributed by atoms with E-state index in [9.17, 15) is 13.6 Å². The van der Waals surface area contributed by atoms with E-state index in [1.54, 1.807) is 6.92 Å². The Morgan fingerprint density at radius 3 is 2.61 bits per heavy atom. The van der Waals surface area contributed by atoms with Gasteiger partial charge in [-0.25, -0.2) is 13.5 Å². The number of hydrogen-bond acceptors (Lipinski definition) is 5. The number of aryl methyl sites for hydroxylation is 1. The van der Waals surface area contributed by atoms with Crippen molar-refractivity contribution in [2.75, 3.05) is 18.4 Å². The minimum absolute atomic E-state index is 0.0518. The highest BCUT2D eigenvalue weighted by Gasteiger charge is 2.22. The van der Waals surface area contributed by atoms with Crippen molar-refractivity contribution in [1.82, 2.24) is 19.7 Å². The number of piperidine rings is 1. The third-order valence-electron chi connectivity index (χ3n) is 5.16. The van der Waals surface area contributed by atoms with Crippen molar-refractivity contribution in [3.8, 4) is 11.4 Å². The molecule has 1 amide bonds. The number of anilines is 2. The molecule has 2 heterocycles. The lowest BCUT2D eigenvalue weighted by molar-refractivity contribution is -0.130. The summed E-state index contributed by atoms with van der Waals surface area (Å²) in [4.78, 5) is 17.5. The van der Waals surface area contributed by atoms with Crippen LogP contribution in [0.25, 0.3) is 5.69 Å². The second-order valence-corrected chi connectivity index (χ2v) is 7.59. The molecule has 9 heteroatoms. The van der Waals surface area contributed by atoms with E-state index in [2.05, 4.69) is 15.4 Å². The van der Waals surface area contributed by atoms with Crippen LogP contribution in [0.2, 0.25) is 0 Å². The number of halogens is 2. The highest BCUT2D eigenvalue weighted by atomic mass is 19.2. The van der Waals surface area contributed by atoms with E-state index in [-0.39, 0.29) is 12.0 Å². The first-order valence-electron chi connectivity index (χ1n) is 10.1. The topological polar surface area (TPSA) is 72.3 Å². The molecule has 31 heavy (non-hydrogen) atoms. The first-order valence-corrected chi connectivity index (χ1v) is 10.1. The Morgan fingerprint density at radius 2 is 1.90 bits per heavy atom. The minimum Gasteiger partial charge on any atom is -0.490 e. The molecular weight excluding hydrogens is 404 g/mol. The monoisotopic (exact) mass is 427 g/mol. The Bertz CT molecular complexity index is 1090. The SMILES string of the molecule is CC(=O)N1CCC(Oc2cc(C)cc(Nc3ncn(-c4ccc(F)c(F)c4)n3)c2)CC1. The van der Waals surface area contributed by atoms with Crippen LogP contribution in [0.4, 0.5) is 20.4 Å². The number of benzene rings is 2. The molecule has 0 atom stereocenters. The predicted molar refractivity (Wildman–Crippen MR) is 112 cm³/mol. The molecule has 4 rings (SSSR count). The number of rotatable bonds is 5. The highest BCUT2D eigenvalue weighted by Crippen LogP contribution is 2.26. The molecule has 2 aromatic carbocycles. The lowest BCUT2D eigenvalue weighted by atomic mass is 10.1. The standard InChI is InChI=1S/C22H23F2N5O2/c1-14-9-16(11-19(10-14)31-18-5-7-28(8-6-18)15(2)30)26-22-25-13-29(27-22)17-3-4-20(23)21(24)12-17/h3-4,9-13,18H,5-8H2,1-2H3,(H,26,27). The van der Waals surface area contributed by atoms with Gasteiger partial charge in [-0.3, -0.25) is 4.79 Å². The van der Waals surface area contributed by atoms with Gasteiger partial charge in [0.1, 0.15) is 18.2 Å². The van der Waals surface area contributed by atoms with Crippen LogP contribution in [0.3, 0.4) is 0 Å². The highest BCUT2D eigenvalue weighted by molar-refractivity contribution is 5.73. The zero-order valence-electron chi connectivity index (χ0n) is 17.3. The molecule has 0 saturated carbocycles. The van der Waals surface area contributed by atoms with Crippen molar-refractivity contribution in [2.45, 2.75) is 32.8 Å². The number of aromatic nitrogens is 3. The summed E-state index contributed by atoms with van der Waals surface area (Å²) in [6.07, 6.45) is 3.05. The van der Waals surface area contributed by atoms with Gasteiger partial charge in [-0.2, -0.15) is 4.98 Å². The van der Waals surface area contributed by atoms with Crippen molar-refractivity contribution in [2.24, 2.45) is 0 Å². The molecule has 1 fully saturated rings. The van der Waals surface area contributed by atoms with Crippen LogP contribution in [0.15, 0.2) is 42.7 Å². The van der Waals surface area contributed by atoms with Gasteiger partial charge in [-0.05, 0) is 36.8 Å². The maximum atomic E-state index is 13.5. The third kappa shape index (κ3) is 4.99. The smallest absolute Gasteiger partial charge is 0.246 e. The molecule has 1 saturated heterocycles. The molecule has 0 radical (unpaired) electrons. The number of ether oxygens (including phenoxy) is 1. The van der Waals surface area contributed by atoms with E-state index >= 15 is 0 Å². The molecule has 0 unspecified atom stereocenters. The summed E-state index contributed by atoms with van der Waals surface area (Å²) in [5.74, 6) is -0.728. The quantitative estimate of drug-likeness (QED) is 0.667. The fraction of sp³-hybridized carbons (Fsp3) is 0.318. The summed E-state index contributed by atoms with van der Waals surface area (Å²) in [5.41, 5.74) is 2.12. The Kier molecular flexibility index (Phi) is 5.83. The number of nitrogens with one attached hydrogen (secondary N) is 1. The fourth-order valence-electron chi connectivity index (χ4n) is 3.57. The molecule has 7 nitrogen and oxygen atoms in total. The Labute approximate surface area is 178 Å². The molecule has 1 N–H and O–H groups in total. The largest absolute Gasteiger partial charge is 0.490 e. The first-order chi connectivity index (χ1) is 14.9. The average Bonchev–Trinajstić information content (AvgIpc) is 3.18. The van der Waals surface area contributed by atoms with Crippen LogP contribution in [0.1, 0.15) is 25.3 Å².